The van der Waals surface area contributed by atoms with Gasteiger partial charge in [-0.1, -0.05) is 35.9 Å². The molecule has 10 nitrogen and oxygen atoms in total. The smallest absolute Gasteiger partial charge is 0.422 e. The molecule has 3 aromatic rings. The van der Waals surface area contributed by atoms with Crippen molar-refractivity contribution in [3.8, 4) is 17.4 Å². The maximum atomic E-state index is 13.0. The number of pyridine rings is 1. The van der Waals surface area contributed by atoms with Crippen LogP contribution in [0.25, 0.3) is 0 Å². The number of ether oxygens (including phenoxy) is 4. The first-order valence-electron chi connectivity index (χ1n) is 12.1. The SMILES string of the molecule is COCCOc1ccc(COC(=O)NS(=O)(=O)NC2CCc3ccccc32)c(Oc2ncc(C(F)(F)F)cc2Cl)c1. The summed E-state index contributed by atoms with van der Waals surface area (Å²) in [5, 5.41) is -0.416. The molecule has 220 valence electrons. The number of fused-ring (bicyclic) bond motifs is 1. The van der Waals surface area contributed by atoms with E-state index in [1.165, 1.54) is 25.3 Å². The molecule has 0 fully saturated rings. The van der Waals surface area contributed by atoms with Gasteiger partial charge in [0.05, 0.1) is 12.2 Å². The molecule has 1 aromatic heterocycles. The summed E-state index contributed by atoms with van der Waals surface area (Å²) in [7, 11) is -2.78. The first-order chi connectivity index (χ1) is 19.4. The third kappa shape index (κ3) is 8.22. The first kappa shape index (κ1) is 30.4. The highest BCUT2D eigenvalue weighted by Crippen LogP contribution is 2.36. The Hall–Kier alpha value is -3.59. The summed E-state index contributed by atoms with van der Waals surface area (Å²) in [5.41, 5.74) is 0.999. The van der Waals surface area contributed by atoms with E-state index in [1.54, 1.807) is 6.07 Å². The maximum Gasteiger partial charge on any atom is 0.422 e. The van der Waals surface area contributed by atoms with Crippen LogP contribution in [0.3, 0.4) is 0 Å². The van der Waals surface area contributed by atoms with Crippen molar-refractivity contribution in [3.05, 3.63) is 82.0 Å². The van der Waals surface area contributed by atoms with Crippen molar-refractivity contribution in [2.24, 2.45) is 0 Å². The molecule has 1 aliphatic rings. The summed E-state index contributed by atoms with van der Waals surface area (Å²) in [6, 6.07) is 11.9. The number of carbonyl (C=O) groups excluding carboxylic acids is 1. The van der Waals surface area contributed by atoms with Gasteiger partial charge in [-0.25, -0.2) is 14.5 Å². The number of benzene rings is 2. The van der Waals surface area contributed by atoms with Crippen molar-refractivity contribution in [3.63, 3.8) is 0 Å². The van der Waals surface area contributed by atoms with Crippen LogP contribution >= 0.6 is 11.6 Å². The number of rotatable bonds is 11. The minimum atomic E-state index is -4.66. The van der Waals surface area contributed by atoms with E-state index < -0.39 is 45.7 Å². The molecule has 0 radical (unpaired) electrons. The molecule has 0 aliphatic heterocycles. The van der Waals surface area contributed by atoms with E-state index in [-0.39, 0.29) is 30.4 Å². The number of nitrogens with one attached hydrogen (secondary N) is 2. The highest BCUT2D eigenvalue weighted by atomic mass is 35.5. The van der Waals surface area contributed by atoms with E-state index in [0.29, 0.717) is 30.9 Å². The van der Waals surface area contributed by atoms with Gasteiger partial charge in [-0.3, -0.25) is 0 Å². The molecule has 1 atom stereocenters. The Kier molecular flexibility index (Phi) is 9.58. The van der Waals surface area contributed by atoms with Gasteiger partial charge in [0, 0.05) is 31.0 Å². The lowest BCUT2D eigenvalue weighted by atomic mass is 10.1. The summed E-state index contributed by atoms with van der Waals surface area (Å²) in [4.78, 5) is 16.0. The lowest BCUT2D eigenvalue weighted by Gasteiger charge is -2.16. The van der Waals surface area contributed by atoms with Crippen molar-refractivity contribution in [1.29, 1.82) is 0 Å². The standard InChI is InChI=1S/C26H25ClF3N3O7S/c1-37-10-11-38-19-8-6-17(23(13-19)40-24-21(27)12-18(14-31-24)26(28,29)30)15-39-25(34)33-41(35,36)32-22-9-7-16-4-2-3-5-20(16)22/h2-6,8,12-14,22,32H,7,9-11,15H2,1H3,(H,33,34). The quantitative estimate of drug-likeness (QED) is 0.278. The van der Waals surface area contributed by atoms with E-state index in [1.807, 2.05) is 22.9 Å². The average Bonchev–Trinajstić information content (AvgIpc) is 3.30. The largest absolute Gasteiger partial charge is 0.491 e. The molecule has 1 unspecified atom stereocenters. The molecule has 15 heteroatoms. The minimum Gasteiger partial charge on any atom is -0.491 e. The van der Waals surface area contributed by atoms with Gasteiger partial charge in [-0.2, -0.15) is 26.3 Å². The molecular weight excluding hydrogens is 591 g/mol. The lowest BCUT2D eigenvalue weighted by Crippen LogP contribution is -2.41. The third-order valence-corrected chi connectivity index (χ3v) is 7.24. The zero-order chi connectivity index (χ0) is 29.6. The van der Waals surface area contributed by atoms with Crippen LogP contribution in [0.4, 0.5) is 18.0 Å². The van der Waals surface area contributed by atoms with Gasteiger partial charge in [0.25, 0.3) is 0 Å². The van der Waals surface area contributed by atoms with E-state index in [2.05, 4.69) is 9.71 Å². The number of aryl methyl sites for hydroxylation is 1. The summed E-state index contributed by atoms with van der Waals surface area (Å²) in [6.45, 7) is -0.00811. The number of nitrogens with zero attached hydrogens (tertiary/aromatic N) is 1. The zero-order valence-electron chi connectivity index (χ0n) is 21.5. The molecule has 1 heterocycles. The summed E-state index contributed by atoms with van der Waals surface area (Å²) < 4.78 is 89.6. The van der Waals surface area contributed by atoms with E-state index in [9.17, 15) is 26.4 Å². The summed E-state index contributed by atoms with van der Waals surface area (Å²) in [6.07, 6.45) is -4.13. The van der Waals surface area contributed by atoms with Gasteiger partial charge in [0.1, 0.15) is 29.7 Å². The molecular formula is C26H25ClF3N3O7S. The van der Waals surface area contributed by atoms with E-state index >= 15 is 0 Å². The Morgan fingerprint density at radius 3 is 2.66 bits per heavy atom. The normalized spacial score (nSPS) is 14.8. The number of halogens is 4. The Bertz CT molecular complexity index is 1510. The van der Waals surface area contributed by atoms with E-state index in [4.69, 9.17) is 30.5 Å². The highest BCUT2D eigenvalue weighted by Gasteiger charge is 2.32. The fourth-order valence-electron chi connectivity index (χ4n) is 4.02. The van der Waals surface area contributed by atoms with Crippen LogP contribution in [-0.2, 0) is 38.9 Å². The van der Waals surface area contributed by atoms with Gasteiger partial charge in [-0.05, 0) is 42.2 Å². The van der Waals surface area contributed by atoms with Crippen molar-refractivity contribution in [1.82, 2.24) is 14.4 Å². The number of carbonyl (C=O) groups is 1. The molecule has 2 N–H and O–H groups in total. The second-order valence-electron chi connectivity index (χ2n) is 8.81. The molecule has 0 spiro atoms. The predicted octanol–water partition coefficient (Wildman–Crippen LogP) is 5.32. The number of aromatic nitrogens is 1. The molecule has 0 saturated heterocycles. The van der Waals surface area contributed by atoms with Gasteiger partial charge in [0.2, 0.25) is 5.88 Å². The van der Waals surface area contributed by atoms with Gasteiger partial charge in [0.15, 0.2) is 0 Å². The maximum absolute atomic E-state index is 13.0. The summed E-state index contributed by atoms with van der Waals surface area (Å²) in [5.74, 6) is -0.0506. The van der Waals surface area contributed by atoms with Crippen LogP contribution in [0, 0.1) is 0 Å². The topological polar surface area (TPSA) is 125 Å². The van der Waals surface area contributed by atoms with Crippen LogP contribution in [-0.4, -0.2) is 39.8 Å². The van der Waals surface area contributed by atoms with Crippen molar-refractivity contribution in [2.75, 3.05) is 20.3 Å². The molecule has 41 heavy (non-hydrogen) atoms. The monoisotopic (exact) mass is 615 g/mol. The number of methoxy groups -OCH3 is 1. The predicted molar refractivity (Wildman–Crippen MR) is 141 cm³/mol. The Morgan fingerprint density at radius 1 is 1.15 bits per heavy atom. The van der Waals surface area contributed by atoms with Gasteiger partial charge < -0.3 is 18.9 Å². The van der Waals surface area contributed by atoms with Crippen LogP contribution in [0.5, 0.6) is 17.4 Å². The number of amides is 1. The molecule has 4 rings (SSSR count). The number of alkyl halides is 3. The second kappa shape index (κ2) is 12.9. The first-order valence-corrected chi connectivity index (χ1v) is 14.0. The fourth-order valence-corrected chi connectivity index (χ4v) is 5.18. The van der Waals surface area contributed by atoms with Crippen molar-refractivity contribution in [2.45, 2.75) is 31.7 Å². The average molecular weight is 616 g/mol. The van der Waals surface area contributed by atoms with Crippen molar-refractivity contribution < 1.29 is 45.3 Å². The Labute approximate surface area is 238 Å². The highest BCUT2D eigenvalue weighted by molar-refractivity contribution is 7.88. The second-order valence-corrected chi connectivity index (χ2v) is 10.7. The molecule has 1 aliphatic carbocycles. The molecule has 2 aromatic carbocycles. The van der Waals surface area contributed by atoms with Crippen molar-refractivity contribution >= 4 is 27.9 Å². The van der Waals surface area contributed by atoms with Crippen LogP contribution < -0.4 is 18.9 Å². The van der Waals surface area contributed by atoms with Crippen LogP contribution in [0.1, 0.15) is 34.7 Å². The number of hydrogen-bond donors (Lipinski definition) is 2. The number of hydrogen-bond acceptors (Lipinski definition) is 8. The van der Waals surface area contributed by atoms with Crippen LogP contribution in [0.2, 0.25) is 5.02 Å². The van der Waals surface area contributed by atoms with Gasteiger partial charge in [-0.15, -0.1) is 0 Å². The Morgan fingerprint density at radius 2 is 1.93 bits per heavy atom. The van der Waals surface area contributed by atoms with E-state index in [0.717, 1.165) is 11.1 Å². The molecule has 1 amide bonds. The lowest BCUT2D eigenvalue weighted by molar-refractivity contribution is -0.137. The third-order valence-electron chi connectivity index (χ3n) is 5.94. The zero-order valence-corrected chi connectivity index (χ0v) is 23.1. The Balaban J connectivity index is 1.45. The molecule has 0 bridgehead atoms. The van der Waals surface area contributed by atoms with Crippen LogP contribution in [0.15, 0.2) is 54.7 Å². The summed E-state index contributed by atoms with van der Waals surface area (Å²) >= 11 is 5.98. The fraction of sp³-hybridized carbons (Fsp3) is 0.308. The minimum absolute atomic E-state index is 0.00887. The van der Waals surface area contributed by atoms with Gasteiger partial charge >= 0.3 is 22.5 Å². The molecule has 0 saturated carbocycles.